The number of anilines is 6. The summed E-state index contributed by atoms with van der Waals surface area (Å²) < 4.78 is 5.21. The molecule has 0 spiro atoms. The van der Waals surface area contributed by atoms with E-state index in [1.807, 2.05) is 22.7 Å². The average Bonchev–Trinajstić information content (AvgIpc) is 3.93. The van der Waals surface area contributed by atoms with Gasteiger partial charge < -0.3 is 9.80 Å². The summed E-state index contributed by atoms with van der Waals surface area (Å²) in [5.74, 6) is 0. The van der Waals surface area contributed by atoms with E-state index in [1.54, 1.807) is 0 Å². The van der Waals surface area contributed by atoms with E-state index in [4.69, 9.17) is 0 Å². The van der Waals surface area contributed by atoms with Gasteiger partial charge in [0.1, 0.15) is 0 Å². The molecule has 0 bridgehead atoms. The topological polar surface area (TPSA) is 6.48 Å². The first-order valence-corrected chi connectivity index (χ1v) is 24.1. The number of thiophene rings is 2. The number of benzene rings is 10. The van der Waals surface area contributed by atoms with Crippen LogP contribution in [0.2, 0.25) is 0 Å². The number of fused-ring (bicyclic) bond motifs is 6. The van der Waals surface area contributed by atoms with E-state index in [0.29, 0.717) is 0 Å². The minimum Gasteiger partial charge on any atom is -0.310 e. The number of nitrogens with zero attached hydrogens (tertiary/aromatic N) is 2. The summed E-state index contributed by atoms with van der Waals surface area (Å²) in [4.78, 5) is 4.88. The molecule has 4 heteroatoms. The fourth-order valence-electron chi connectivity index (χ4n) is 9.80. The summed E-state index contributed by atoms with van der Waals surface area (Å²) in [5, 5.41) is 5.15. The zero-order chi connectivity index (χ0) is 44.1. The fraction of sp³-hybridized carbons (Fsp3) is 0.0323. The van der Waals surface area contributed by atoms with Gasteiger partial charge in [-0.3, -0.25) is 0 Å². The van der Waals surface area contributed by atoms with Crippen LogP contribution in [0.1, 0.15) is 11.1 Å². The van der Waals surface area contributed by atoms with Crippen molar-refractivity contribution in [2.24, 2.45) is 0 Å². The first-order valence-electron chi connectivity index (χ1n) is 22.5. The van der Waals surface area contributed by atoms with E-state index in [-0.39, 0.29) is 0 Å². The summed E-state index contributed by atoms with van der Waals surface area (Å²) in [6, 6.07) is 84.5. The van der Waals surface area contributed by atoms with Gasteiger partial charge in [0, 0.05) is 74.2 Å². The van der Waals surface area contributed by atoms with Gasteiger partial charge in [-0.05, 0) is 132 Å². The minimum atomic E-state index is 1.12. The second-order valence-corrected chi connectivity index (χ2v) is 19.2. The van der Waals surface area contributed by atoms with Gasteiger partial charge in [0.05, 0.1) is 11.4 Å². The Bertz CT molecular complexity index is 3500. The second kappa shape index (κ2) is 16.7. The number of hydrogen-bond acceptors (Lipinski definition) is 4. The molecule has 66 heavy (non-hydrogen) atoms. The predicted molar refractivity (Wildman–Crippen MR) is 287 cm³/mol. The monoisotopic (exact) mass is 880 g/mol. The highest BCUT2D eigenvalue weighted by Crippen LogP contribution is 2.47. The molecule has 0 fully saturated rings. The molecule has 0 aliphatic heterocycles. The maximum atomic E-state index is 2.44. The van der Waals surface area contributed by atoms with Gasteiger partial charge in [-0.15, -0.1) is 22.7 Å². The Labute approximate surface area is 393 Å². The molecule has 12 rings (SSSR count). The Morgan fingerprint density at radius 3 is 1.06 bits per heavy atom. The lowest BCUT2D eigenvalue weighted by Gasteiger charge is -2.29. The Morgan fingerprint density at radius 2 is 0.621 bits per heavy atom. The largest absolute Gasteiger partial charge is 0.310 e. The molecule has 0 aliphatic carbocycles. The maximum Gasteiger partial charge on any atom is 0.0540 e. The van der Waals surface area contributed by atoms with Crippen molar-refractivity contribution in [1.82, 2.24) is 0 Å². The van der Waals surface area contributed by atoms with Crippen LogP contribution in [-0.2, 0) is 0 Å². The summed E-state index contributed by atoms with van der Waals surface area (Å²) in [7, 11) is 0. The second-order valence-electron chi connectivity index (χ2n) is 17.0. The van der Waals surface area contributed by atoms with Gasteiger partial charge in [0.2, 0.25) is 0 Å². The molecule has 2 aromatic heterocycles. The molecule has 0 amide bonds. The Balaban J connectivity index is 0.979. The van der Waals surface area contributed by atoms with Crippen molar-refractivity contribution >= 4 is 97.1 Å². The molecule has 12 aromatic rings. The standard InChI is InChI=1S/C62H44N2S2/c1-41-37-45(63(57-25-13-9-21-51(57)43-17-5-3-6-18-43)47-31-35-61-55(39-47)53-23-11-15-27-59(53)65-61)29-33-49(41)50-34-30-46(38-42(50)2)64(58-26-14-10-22-52(58)44-19-7-4-8-20-44)48-32-36-62-56(40-48)54-24-12-16-28-60(54)66-62/h3-40H,1-2H3. The third kappa shape index (κ3) is 7.03. The highest BCUT2D eigenvalue weighted by Gasteiger charge is 2.22. The quantitative estimate of drug-likeness (QED) is 0.143. The molecular weight excluding hydrogens is 837 g/mol. The van der Waals surface area contributed by atoms with Gasteiger partial charge in [0.15, 0.2) is 0 Å². The van der Waals surface area contributed by atoms with Crippen molar-refractivity contribution in [1.29, 1.82) is 0 Å². The lowest BCUT2D eigenvalue weighted by Crippen LogP contribution is -2.12. The van der Waals surface area contributed by atoms with E-state index in [0.717, 1.165) is 34.1 Å². The molecule has 10 aromatic carbocycles. The van der Waals surface area contributed by atoms with Crippen LogP contribution >= 0.6 is 22.7 Å². The minimum absolute atomic E-state index is 1.12. The molecule has 0 unspecified atom stereocenters. The van der Waals surface area contributed by atoms with Gasteiger partial charge in [-0.25, -0.2) is 0 Å². The lowest BCUT2D eigenvalue weighted by molar-refractivity contribution is 1.27. The van der Waals surface area contributed by atoms with Crippen molar-refractivity contribution in [2.45, 2.75) is 13.8 Å². The number of rotatable bonds is 9. The summed E-state index contributed by atoms with van der Waals surface area (Å²) in [6.07, 6.45) is 0. The molecule has 0 saturated heterocycles. The van der Waals surface area contributed by atoms with Gasteiger partial charge in [-0.1, -0.05) is 146 Å². The highest BCUT2D eigenvalue weighted by atomic mass is 32.1. The summed E-state index contributed by atoms with van der Waals surface area (Å²) >= 11 is 3.71. The van der Waals surface area contributed by atoms with Crippen molar-refractivity contribution in [3.05, 3.63) is 242 Å². The van der Waals surface area contributed by atoms with Crippen LogP contribution in [0, 0.1) is 13.8 Å². The number of hydrogen-bond donors (Lipinski definition) is 0. The lowest BCUT2D eigenvalue weighted by atomic mass is 9.94. The smallest absolute Gasteiger partial charge is 0.0540 e. The zero-order valence-corrected chi connectivity index (χ0v) is 38.3. The van der Waals surface area contributed by atoms with Crippen LogP contribution in [0.4, 0.5) is 34.1 Å². The SMILES string of the molecule is Cc1cc(N(c2ccc3sc4ccccc4c3c2)c2ccccc2-c2ccccc2)ccc1-c1ccc(N(c2ccc3sc4ccccc4c3c2)c2ccccc2-c2ccccc2)cc1C. The summed E-state index contributed by atoms with van der Waals surface area (Å²) in [5.41, 5.74) is 16.4. The van der Waals surface area contributed by atoms with E-state index in [9.17, 15) is 0 Å². The van der Waals surface area contributed by atoms with Gasteiger partial charge in [0.25, 0.3) is 0 Å². The van der Waals surface area contributed by atoms with Crippen molar-refractivity contribution in [3.63, 3.8) is 0 Å². The van der Waals surface area contributed by atoms with Crippen LogP contribution in [-0.4, -0.2) is 0 Å². The van der Waals surface area contributed by atoms with E-state index in [2.05, 4.69) is 254 Å². The maximum absolute atomic E-state index is 2.44. The Morgan fingerprint density at radius 1 is 0.273 bits per heavy atom. The van der Waals surface area contributed by atoms with Crippen molar-refractivity contribution in [2.75, 3.05) is 9.80 Å². The molecule has 0 N–H and O–H groups in total. The van der Waals surface area contributed by atoms with Crippen LogP contribution < -0.4 is 9.80 Å². The Kier molecular flexibility index (Phi) is 10.0. The van der Waals surface area contributed by atoms with Crippen LogP contribution in [0.15, 0.2) is 231 Å². The molecule has 2 nitrogen and oxygen atoms in total. The first kappa shape index (κ1) is 39.8. The average molecular weight is 881 g/mol. The first-order chi connectivity index (χ1) is 32.6. The van der Waals surface area contributed by atoms with Gasteiger partial charge in [-0.2, -0.15) is 0 Å². The van der Waals surface area contributed by atoms with E-state index < -0.39 is 0 Å². The van der Waals surface area contributed by atoms with Crippen LogP contribution in [0.25, 0.3) is 73.7 Å². The van der Waals surface area contributed by atoms with E-state index >= 15 is 0 Å². The van der Waals surface area contributed by atoms with Crippen molar-refractivity contribution in [3.8, 4) is 33.4 Å². The third-order valence-electron chi connectivity index (χ3n) is 12.9. The van der Waals surface area contributed by atoms with Crippen LogP contribution in [0.3, 0.4) is 0 Å². The Hall–Kier alpha value is -7.76. The van der Waals surface area contributed by atoms with Crippen LogP contribution in [0.5, 0.6) is 0 Å². The summed E-state index contributed by atoms with van der Waals surface area (Å²) in [6.45, 7) is 4.51. The molecule has 0 radical (unpaired) electrons. The fourth-order valence-corrected chi connectivity index (χ4v) is 12.0. The molecule has 0 atom stereocenters. The normalized spacial score (nSPS) is 11.5. The molecular formula is C62H44N2S2. The molecule has 0 saturated carbocycles. The van der Waals surface area contributed by atoms with Gasteiger partial charge >= 0.3 is 0 Å². The number of aryl methyl sites for hydroxylation is 2. The zero-order valence-electron chi connectivity index (χ0n) is 36.7. The highest BCUT2D eigenvalue weighted by molar-refractivity contribution is 7.26. The third-order valence-corrected chi connectivity index (χ3v) is 15.2. The predicted octanol–water partition coefficient (Wildman–Crippen LogP) is 19.0. The molecule has 2 heterocycles. The molecule has 314 valence electrons. The number of para-hydroxylation sites is 2. The van der Waals surface area contributed by atoms with Crippen molar-refractivity contribution < 1.29 is 0 Å². The molecule has 0 aliphatic rings. The van der Waals surface area contributed by atoms with E-state index in [1.165, 1.54) is 84.9 Å².